The highest BCUT2D eigenvalue weighted by atomic mass is 35.5. The lowest BCUT2D eigenvalue weighted by atomic mass is 10.1. The van der Waals surface area contributed by atoms with Gasteiger partial charge >= 0.3 is 0 Å². The fourth-order valence-electron chi connectivity index (χ4n) is 2.24. The monoisotopic (exact) mass is 294 g/mol. The van der Waals surface area contributed by atoms with Crippen molar-refractivity contribution in [2.24, 2.45) is 0 Å². The van der Waals surface area contributed by atoms with E-state index in [1.165, 1.54) is 11.1 Å². The Hall–Kier alpha value is -1.32. The second-order valence-corrected chi connectivity index (χ2v) is 4.95. The van der Waals surface area contributed by atoms with Gasteiger partial charge in [-0.05, 0) is 37.1 Å². The quantitative estimate of drug-likeness (QED) is 0.820. The molecule has 0 fully saturated rings. The van der Waals surface area contributed by atoms with Gasteiger partial charge in [-0.1, -0.05) is 37.1 Å². The molecule has 1 amide bonds. The summed E-state index contributed by atoms with van der Waals surface area (Å²) in [5.74, 6) is 0.0162. The highest BCUT2D eigenvalue weighted by molar-refractivity contribution is 5.94. The molecule has 110 valence electrons. The maximum Gasteiger partial charge on any atom is 0.251 e. The van der Waals surface area contributed by atoms with Gasteiger partial charge in [-0.25, -0.2) is 0 Å². The number of halogens is 1. The van der Waals surface area contributed by atoms with Gasteiger partial charge in [0.25, 0.3) is 5.91 Å². The fourth-order valence-corrected chi connectivity index (χ4v) is 2.24. The Morgan fingerprint density at radius 3 is 2.65 bits per heavy atom. The maximum absolute atomic E-state index is 12.0. The number of rotatable bonds is 5. The van der Waals surface area contributed by atoms with Crippen LogP contribution in [-0.4, -0.2) is 25.5 Å². The minimum atomic E-state index is 0. The first-order chi connectivity index (χ1) is 9.29. The Kier molecular flexibility index (Phi) is 7.34. The van der Waals surface area contributed by atoms with Crippen molar-refractivity contribution in [1.29, 1.82) is 0 Å². The van der Waals surface area contributed by atoms with Crippen molar-refractivity contribution in [2.75, 3.05) is 19.6 Å². The Bertz CT molecular complexity index is 454. The molecule has 0 unspecified atom stereocenters. The van der Waals surface area contributed by atoms with Crippen LogP contribution in [0.3, 0.4) is 0 Å². The van der Waals surface area contributed by atoms with Gasteiger partial charge in [0.15, 0.2) is 0 Å². The van der Waals surface area contributed by atoms with Crippen LogP contribution in [0, 0.1) is 0 Å². The van der Waals surface area contributed by atoms with Gasteiger partial charge in [-0.2, -0.15) is 0 Å². The van der Waals surface area contributed by atoms with Crippen LogP contribution in [0.2, 0.25) is 0 Å². The van der Waals surface area contributed by atoms with Crippen molar-refractivity contribution in [3.05, 3.63) is 47.0 Å². The number of aryl methyl sites for hydroxylation is 1. The average molecular weight is 295 g/mol. The highest BCUT2D eigenvalue weighted by Crippen LogP contribution is 2.07. The Labute approximate surface area is 127 Å². The summed E-state index contributed by atoms with van der Waals surface area (Å²) in [6.45, 7) is 4.74. The molecule has 0 bridgehead atoms. The number of hydrogen-bond donors (Lipinski definition) is 2. The van der Waals surface area contributed by atoms with Gasteiger partial charge in [-0.3, -0.25) is 4.79 Å². The lowest BCUT2D eigenvalue weighted by Crippen LogP contribution is -2.29. The molecule has 1 aromatic rings. The number of benzene rings is 1. The zero-order valence-corrected chi connectivity index (χ0v) is 12.8. The molecular weight excluding hydrogens is 272 g/mol. The standard InChI is InChI=1S/C16H22N2O.ClH/c1-2-3-13-4-6-15(7-5-13)16(19)18-12-14-8-10-17-11-9-14;/h4-8,17H,2-3,9-12H2,1H3,(H,18,19);1H. The normalized spacial score (nSPS) is 14.2. The maximum atomic E-state index is 12.0. The van der Waals surface area contributed by atoms with Crippen LogP contribution in [0.1, 0.15) is 35.7 Å². The van der Waals surface area contributed by atoms with E-state index in [0.29, 0.717) is 6.54 Å². The zero-order valence-electron chi connectivity index (χ0n) is 11.9. The van der Waals surface area contributed by atoms with E-state index < -0.39 is 0 Å². The molecule has 1 aromatic carbocycles. The smallest absolute Gasteiger partial charge is 0.251 e. The molecule has 0 saturated heterocycles. The first kappa shape index (κ1) is 16.7. The predicted molar refractivity (Wildman–Crippen MR) is 85.6 cm³/mol. The van der Waals surface area contributed by atoms with Gasteiger partial charge in [0, 0.05) is 18.7 Å². The van der Waals surface area contributed by atoms with Gasteiger partial charge in [0.1, 0.15) is 0 Å². The number of carbonyl (C=O) groups is 1. The molecule has 1 aliphatic rings. The van der Waals surface area contributed by atoms with Gasteiger partial charge < -0.3 is 10.6 Å². The van der Waals surface area contributed by atoms with Crippen LogP contribution in [0.5, 0.6) is 0 Å². The van der Waals surface area contributed by atoms with Gasteiger partial charge in [0.2, 0.25) is 0 Å². The fraction of sp³-hybridized carbons (Fsp3) is 0.438. The largest absolute Gasteiger partial charge is 0.348 e. The van der Waals surface area contributed by atoms with Crippen LogP contribution < -0.4 is 10.6 Å². The average Bonchev–Trinajstić information content (AvgIpc) is 2.47. The third-order valence-electron chi connectivity index (χ3n) is 3.39. The summed E-state index contributed by atoms with van der Waals surface area (Å²) >= 11 is 0. The van der Waals surface area contributed by atoms with Crippen LogP contribution in [0.15, 0.2) is 35.9 Å². The topological polar surface area (TPSA) is 41.1 Å². The lowest BCUT2D eigenvalue weighted by molar-refractivity contribution is 0.0956. The van der Waals surface area contributed by atoms with E-state index >= 15 is 0 Å². The van der Waals surface area contributed by atoms with Crippen molar-refractivity contribution in [3.8, 4) is 0 Å². The number of carbonyl (C=O) groups excluding carboxylic acids is 1. The summed E-state index contributed by atoms with van der Waals surface area (Å²) in [6.07, 6.45) is 5.39. The van der Waals surface area contributed by atoms with Crippen LogP contribution >= 0.6 is 12.4 Å². The van der Waals surface area contributed by atoms with Crippen molar-refractivity contribution >= 4 is 18.3 Å². The van der Waals surface area contributed by atoms with Gasteiger partial charge in [0.05, 0.1) is 0 Å². The molecule has 0 spiro atoms. The van der Waals surface area contributed by atoms with E-state index in [9.17, 15) is 4.79 Å². The van der Waals surface area contributed by atoms with E-state index in [2.05, 4.69) is 23.6 Å². The van der Waals surface area contributed by atoms with Crippen LogP contribution in [0.25, 0.3) is 0 Å². The van der Waals surface area contributed by atoms with Crippen LogP contribution in [-0.2, 0) is 6.42 Å². The number of nitrogens with one attached hydrogen (secondary N) is 2. The van der Waals surface area contributed by atoms with Gasteiger partial charge in [-0.15, -0.1) is 12.4 Å². The summed E-state index contributed by atoms with van der Waals surface area (Å²) in [5, 5.41) is 6.25. The summed E-state index contributed by atoms with van der Waals surface area (Å²) in [5.41, 5.74) is 3.35. The lowest BCUT2D eigenvalue weighted by Gasteiger charge is -2.14. The molecule has 3 nitrogen and oxygen atoms in total. The molecule has 2 N–H and O–H groups in total. The van der Waals surface area contributed by atoms with Crippen LogP contribution in [0.4, 0.5) is 0 Å². The Balaban J connectivity index is 0.00000200. The molecule has 1 heterocycles. The molecule has 0 saturated carbocycles. The predicted octanol–water partition coefficient (Wildman–Crippen LogP) is 2.71. The molecule has 1 aliphatic heterocycles. The first-order valence-electron chi connectivity index (χ1n) is 7.05. The van der Waals surface area contributed by atoms with Crippen molar-refractivity contribution < 1.29 is 4.79 Å². The van der Waals surface area contributed by atoms with E-state index in [-0.39, 0.29) is 18.3 Å². The number of hydrogen-bond acceptors (Lipinski definition) is 2. The highest BCUT2D eigenvalue weighted by Gasteiger charge is 2.07. The SMILES string of the molecule is CCCc1ccc(C(=O)NCC2=CCNCC2)cc1.Cl. The Morgan fingerprint density at radius 1 is 1.30 bits per heavy atom. The molecular formula is C16H23ClN2O. The van der Waals surface area contributed by atoms with E-state index in [4.69, 9.17) is 0 Å². The molecule has 0 aromatic heterocycles. The van der Waals surface area contributed by atoms with Crippen molar-refractivity contribution in [3.63, 3.8) is 0 Å². The summed E-state index contributed by atoms with van der Waals surface area (Å²) in [6, 6.07) is 7.92. The first-order valence-corrected chi connectivity index (χ1v) is 7.05. The molecule has 20 heavy (non-hydrogen) atoms. The molecule has 0 atom stereocenters. The molecule has 2 rings (SSSR count). The van der Waals surface area contributed by atoms with Crippen molar-refractivity contribution in [2.45, 2.75) is 26.2 Å². The Morgan fingerprint density at radius 2 is 2.05 bits per heavy atom. The summed E-state index contributed by atoms with van der Waals surface area (Å²) in [7, 11) is 0. The third-order valence-corrected chi connectivity index (χ3v) is 3.39. The molecule has 4 heteroatoms. The van der Waals surface area contributed by atoms with E-state index in [1.54, 1.807) is 0 Å². The molecule has 0 aliphatic carbocycles. The summed E-state index contributed by atoms with van der Waals surface area (Å²) < 4.78 is 0. The zero-order chi connectivity index (χ0) is 13.5. The second kappa shape index (κ2) is 8.77. The van der Waals surface area contributed by atoms with E-state index in [1.807, 2.05) is 24.3 Å². The second-order valence-electron chi connectivity index (χ2n) is 4.95. The minimum Gasteiger partial charge on any atom is -0.348 e. The number of amides is 1. The third kappa shape index (κ3) is 4.99. The van der Waals surface area contributed by atoms with E-state index in [0.717, 1.165) is 37.9 Å². The van der Waals surface area contributed by atoms with Crippen molar-refractivity contribution in [1.82, 2.24) is 10.6 Å². The molecule has 0 radical (unpaired) electrons. The minimum absolute atomic E-state index is 0. The summed E-state index contributed by atoms with van der Waals surface area (Å²) in [4.78, 5) is 12.0.